The van der Waals surface area contributed by atoms with E-state index in [2.05, 4.69) is 5.32 Å². The number of aryl methyl sites for hydroxylation is 1. The lowest BCUT2D eigenvalue weighted by Crippen LogP contribution is -2.09. The second-order valence-corrected chi connectivity index (χ2v) is 7.20. The fraction of sp³-hybridized carbons (Fsp3) is 0.280. The molecule has 0 aliphatic rings. The number of methoxy groups -OCH3 is 3. The SMILES string of the molecule is COc1ccc(CNc2ccc(C)cc2C(O)c2cccc(OC)c2C)c(OC)c1. The molecular weight excluding hydrogens is 378 g/mol. The number of anilines is 1. The molecule has 0 bridgehead atoms. The molecule has 5 nitrogen and oxygen atoms in total. The van der Waals surface area contributed by atoms with Crippen LogP contribution in [0.4, 0.5) is 5.69 Å². The predicted molar refractivity (Wildman–Crippen MR) is 120 cm³/mol. The summed E-state index contributed by atoms with van der Waals surface area (Å²) in [6.07, 6.45) is -0.778. The number of hydrogen-bond acceptors (Lipinski definition) is 5. The molecule has 0 spiro atoms. The van der Waals surface area contributed by atoms with E-state index >= 15 is 0 Å². The highest BCUT2D eigenvalue weighted by Crippen LogP contribution is 2.34. The van der Waals surface area contributed by atoms with Crippen LogP contribution < -0.4 is 19.5 Å². The molecule has 0 saturated carbocycles. The van der Waals surface area contributed by atoms with Gasteiger partial charge in [-0.1, -0.05) is 29.8 Å². The van der Waals surface area contributed by atoms with E-state index in [0.29, 0.717) is 6.54 Å². The van der Waals surface area contributed by atoms with Gasteiger partial charge in [-0.05, 0) is 49.2 Å². The summed E-state index contributed by atoms with van der Waals surface area (Å²) in [7, 11) is 4.92. The summed E-state index contributed by atoms with van der Waals surface area (Å²) in [6, 6.07) is 17.5. The summed E-state index contributed by atoms with van der Waals surface area (Å²) < 4.78 is 16.2. The number of ether oxygens (including phenoxy) is 3. The Morgan fingerprint density at radius 3 is 2.30 bits per heavy atom. The van der Waals surface area contributed by atoms with Crippen LogP contribution in [0, 0.1) is 13.8 Å². The number of aliphatic hydroxyl groups is 1. The zero-order valence-electron chi connectivity index (χ0n) is 18.2. The second kappa shape index (κ2) is 9.55. The van der Waals surface area contributed by atoms with Gasteiger partial charge in [-0.15, -0.1) is 0 Å². The van der Waals surface area contributed by atoms with Crippen LogP contribution in [-0.4, -0.2) is 26.4 Å². The first kappa shape index (κ1) is 21.5. The number of hydrogen-bond donors (Lipinski definition) is 2. The third-order valence-corrected chi connectivity index (χ3v) is 5.31. The lowest BCUT2D eigenvalue weighted by Gasteiger charge is -2.21. The van der Waals surface area contributed by atoms with Crippen LogP contribution in [0.15, 0.2) is 54.6 Å². The fourth-order valence-electron chi connectivity index (χ4n) is 3.57. The van der Waals surface area contributed by atoms with Crippen LogP contribution in [0.1, 0.15) is 33.9 Å². The molecule has 30 heavy (non-hydrogen) atoms. The topological polar surface area (TPSA) is 60.0 Å². The van der Waals surface area contributed by atoms with Gasteiger partial charge >= 0.3 is 0 Å². The van der Waals surface area contributed by atoms with E-state index in [-0.39, 0.29) is 0 Å². The van der Waals surface area contributed by atoms with Gasteiger partial charge in [0.2, 0.25) is 0 Å². The number of aliphatic hydroxyl groups excluding tert-OH is 1. The largest absolute Gasteiger partial charge is 0.497 e. The predicted octanol–water partition coefficient (Wildman–Crippen LogP) is 5.02. The minimum absolute atomic E-state index is 0.549. The van der Waals surface area contributed by atoms with Crippen LogP contribution in [0.25, 0.3) is 0 Å². The lowest BCUT2D eigenvalue weighted by atomic mass is 9.94. The molecule has 0 amide bonds. The minimum atomic E-state index is -0.778. The monoisotopic (exact) mass is 407 g/mol. The van der Waals surface area contributed by atoms with Gasteiger partial charge in [-0.25, -0.2) is 0 Å². The van der Waals surface area contributed by atoms with Crippen LogP contribution >= 0.6 is 0 Å². The summed E-state index contributed by atoms with van der Waals surface area (Å²) in [4.78, 5) is 0. The summed E-state index contributed by atoms with van der Waals surface area (Å²) >= 11 is 0. The molecule has 1 unspecified atom stereocenters. The Hall–Kier alpha value is -3.18. The molecule has 0 aliphatic carbocycles. The van der Waals surface area contributed by atoms with E-state index in [1.807, 2.05) is 68.4 Å². The quantitative estimate of drug-likeness (QED) is 0.549. The molecule has 0 aliphatic heterocycles. The molecule has 2 N–H and O–H groups in total. The number of rotatable bonds is 8. The second-order valence-electron chi connectivity index (χ2n) is 7.20. The van der Waals surface area contributed by atoms with E-state index < -0.39 is 6.10 Å². The van der Waals surface area contributed by atoms with Gasteiger partial charge in [-0.3, -0.25) is 0 Å². The van der Waals surface area contributed by atoms with Crippen molar-refractivity contribution in [3.05, 3.63) is 82.4 Å². The van der Waals surface area contributed by atoms with Crippen molar-refractivity contribution in [2.24, 2.45) is 0 Å². The van der Waals surface area contributed by atoms with Crippen LogP contribution in [-0.2, 0) is 6.54 Å². The van der Waals surface area contributed by atoms with Gasteiger partial charge < -0.3 is 24.6 Å². The van der Waals surface area contributed by atoms with Crippen LogP contribution in [0.5, 0.6) is 17.2 Å². The van der Waals surface area contributed by atoms with E-state index in [4.69, 9.17) is 14.2 Å². The molecular formula is C25H29NO4. The molecule has 0 heterocycles. The van der Waals surface area contributed by atoms with Crippen molar-refractivity contribution >= 4 is 5.69 Å². The van der Waals surface area contributed by atoms with Gasteiger partial charge in [0.1, 0.15) is 23.4 Å². The van der Waals surface area contributed by atoms with Crippen molar-refractivity contribution in [1.82, 2.24) is 0 Å². The maximum atomic E-state index is 11.2. The first-order valence-electron chi connectivity index (χ1n) is 9.85. The van der Waals surface area contributed by atoms with Gasteiger partial charge in [-0.2, -0.15) is 0 Å². The van der Waals surface area contributed by atoms with Crippen molar-refractivity contribution in [2.75, 3.05) is 26.6 Å². The van der Waals surface area contributed by atoms with Crippen molar-refractivity contribution < 1.29 is 19.3 Å². The first-order valence-corrected chi connectivity index (χ1v) is 9.85. The van der Waals surface area contributed by atoms with E-state index in [1.165, 1.54) is 0 Å². The third kappa shape index (κ3) is 4.52. The molecule has 3 rings (SSSR count). The number of nitrogens with one attached hydrogen (secondary N) is 1. The average molecular weight is 408 g/mol. The minimum Gasteiger partial charge on any atom is -0.497 e. The molecule has 3 aromatic carbocycles. The maximum absolute atomic E-state index is 11.2. The van der Waals surface area contributed by atoms with E-state index in [1.54, 1.807) is 21.3 Å². The summed E-state index contributed by atoms with van der Waals surface area (Å²) in [5, 5.41) is 14.7. The summed E-state index contributed by atoms with van der Waals surface area (Å²) in [5.41, 5.74) is 5.52. The zero-order chi connectivity index (χ0) is 21.7. The van der Waals surface area contributed by atoms with Crippen molar-refractivity contribution in [1.29, 1.82) is 0 Å². The molecule has 0 radical (unpaired) electrons. The van der Waals surface area contributed by atoms with Gasteiger partial charge in [0, 0.05) is 29.4 Å². The Kier molecular flexibility index (Phi) is 6.85. The van der Waals surface area contributed by atoms with Gasteiger partial charge in [0.05, 0.1) is 21.3 Å². The smallest absolute Gasteiger partial charge is 0.127 e. The highest BCUT2D eigenvalue weighted by Gasteiger charge is 2.19. The first-order chi connectivity index (χ1) is 14.5. The van der Waals surface area contributed by atoms with Gasteiger partial charge in [0.15, 0.2) is 0 Å². The van der Waals surface area contributed by atoms with E-state index in [0.717, 1.165) is 50.8 Å². The van der Waals surface area contributed by atoms with Gasteiger partial charge in [0.25, 0.3) is 0 Å². The zero-order valence-corrected chi connectivity index (χ0v) is 18.2. The van der Waals surface area contributed by atoms with Crippen molar-refractivity contribution in [3.63, 3.8) is 0 Å². The van der Waals surface area contributed by atoms with Crippen LogP contribution in [0.2, 0.25) is 0 Å². The maximum Gasteiger partial charge on any atom is 0.127 e. The Balaban J connectivity index is 1.91. The molecule has 0 fully saturated rings. The van der Waals surface area contributed by atoms with E-state index in [9.17, 15) is 5.11 Å². The molecule has 5 heteroatoms. The Morgan fingerprint density at radius 1 is 0.833 bits per heavy atom. The summed E-state index contributed by atoms with van der Waals surface area (Å²) in [6.45, 7) is 4.53. The van der Waals surface area contributed by atoms with Crippen LogP contribution in [0.3, 0.4) is 0 Å². The molecule has 0 saturated heterocycles. The lowest BCUT2D eigenvalue weighted by molar-refractivity contribution is 0.219. The molecule has 3 aromatic rings. The highest BCUT2D eigenvalue weighted by molar-refractivity contribution is 5.58. The Morgan fingerprint density at radius 2 is 1.60 bits per heavy atom. The number of benzene rings is 3. The van der Waals surface area contributed by atoms with Crippen molar-refractivity contribution in [2.45, 2.75) is 26.5 Å². The molecule has 158 valence electrons. The normalized spacial score (nSPS) is 11.7. The highest BCUT2D eigenvalue weighted by atomic mass is 16.5. The molecule has 1 atom stereocenters. The Labute approximate surface area is 178 Å². The average Bonchev–Trinajstić information content (AvgIpc) is 2.77. The third-order valence-electron chi connectivity index (χ3n) is 5.31. The molecule has 0 aromatic heterocycles. The standard InChI is InChI=1S/C25H29NO4/c1-16-9-12-22(26-15-18-10-11-19(28-3)14-24(18)30-5)21(13-16)25(27)20-7-6-8-23(29-4)17(20)2/h6-14,25-27H,15H2,1-5H3. The fourth-order valence-corrected chi connectivity index (χ4v) is 3.57. The Bertz CT molecular complexity index is 1020. The summed E-state index contributed by atoms with van der Waals surface area (Å²) in [5.74, 6) is 2.26. The van der Waals surface area contributed by atoms with Crippen molar-refractivity contribution in [3.8, 4) is 17.2 Å².